The van der Waals surface area contributed by atoms with Crippen molar-refractivity contribution in [1.82, 2.24) is 10.3 Å². The Morgan fingerprint density at radius 3 is 2.83 bits per heavy atom. The Labute approximate surface area is 136 Å². The lowest BCUT2D eigenvalue weighted by Gasteiger charge is -2.38. The van der Waals surface area contributed by atoms with Gasteiger partial charge in [-0.1, -0.05) is 0 Å². The van der Waals surface area contributed by atoms with E-state index in [9.17, 15) is 4.79 Å². The van der Waals surface area contributed by atoms with Gasteiger partial charge in [0.2, 0.25) is 0 Å². The maximum atomic E-state index is 12.5. The first-order valence-electron chi connectivity index (χ1n) is 8.24. The van der Waals surface area contributed by atoms with Crippen LogP contribution in [0, 0.1) is 11.8 Å². The van der Waals surface area contributed by atoms with E-state index in [1.807, 2.05) is 0 Å². The number of ether oxygens (including phenoxy) is 3. The molecular formula is C17H24N2O4. The minimum Gasteiger partial charge on any atom is -0.497 e. The summed E-state index contributed by atoms with van der Waals surface area (Å²) in [7, 11) is 1.58. The number of nitrogens with zero attached hydrogens (tertiary/aromatic N) is 1. The van der Waals surface area contributed by atoms with Crippen LogP contribution in [0.25, 0.3) is 0 Å². The van der Waals surface area contributed by atoms with E-state index in [4.69, 9.17) is 14.2 Å². The molecule has 0 unspecified atom stereocenters. The van der Waals surface area contributed by atoms with E-state index in [-0.39, 0.29) is 11.9 Å². The molecule has 0 aromatic carbocycles. The summed E-state index contributed by atoms with van der Waals surface area (Å²) in [6, 6.07) is 3.53. The Hall–Kier alpha value is -1.66. The number of nitrogens with one attached hydrogen (secondary N) is 1. The van der Waals surface area contributed by atoms with Crippen LogP contribution >= 0.6 is 0 Å². The average molecular weight is 320 g/mol. The Bertz CT molecular complexity index is 531. The molecule has 1 N–H and O–H groups in total. The van der Waals surface area contributed by atoms with Crippen LogP contribution in [-0.4, -0.2) is 50.5 Å². The molecule has 6 heteroatoms. The van der Waals surface area contributed by atoms with Crippen molar-refractivity contribution in [3.63, 3.8) is 0 Å². The van der Waals surface area contributed by atoms with Crippen LogP contribution in [0.4, 0.5) is 0 Å². The zero-order valence-electron chi connectivity index (χ0n) is 13.5. The van der Waals surface area contributed by atoms with Crippen LogP contribution < -0.4 is 10.1 Å². The number of pyridine rings is 1. The van der Waals surface area contributed by atoms with Gasteiger partial charge in [0.1, 0.15) is 11.4 Å². The van der Waals surface area contributed by atoms with Crippen molar-refractivity contribution in [1.29, 1.82) is 0 Å². The first-order valence-corrected chi connectivity index (χ1v) is 8.24. The Balaban J connectivity index is 1.67. The standard InChI is InChI=1S/C17H24N2O4/c1-21-13-2-6-18-16(10-13)17(20)19-15-5-9-23-11-14(15)12-3-7-22-8-4-12/h2,6,10,12,14-15H,3-5,7-9,11H2,1H3,(H,19,20)/t14-,15-/m1/s1. The third-order valence-electron chi connectivity index (χ3n) is 4.79. The van der Waals surface area contributed by atoms with Gasteiger partial charge in [0.05, 0.1) is 13.7 Å². The Kier molecular flexibility index (Phi) is 5.46. The van der Waals surface area contributed by atoms with Gasteiger partial charge in [0.15, 0.2) is 0 Å². The highest BCUT2D eigenvalue weighted by molar-refractivity contribution is 5.92. The smallest absolute Gasteiger partial charge is 0.270 e. The molecule has 0 spiro atoms. The lowest BCUT2D eigenvalue weighted by atomic mass is 9.79. The molecular weight excluding hydrogens is 296 g/mol. The predicted molar refractivity (Wildman–Crippen MR) is 84.5 cm³/mol. The van der Waals surface area contributed by atoms with Crippen LogP contribution in [0.2, 0.25) is 0 Å². The number of carbonyl (C=O) groups is 1. The van der Waals surface area contributed by atoms with E-state index < -0.39 is 0 Å². The molecule has 6 nitrogen and oxygen atoms in total. The number of hydrogen-bond donors (Lipinski definition) is 1. The van der Waals surface area contributed by atoms with Crippen molar-refractivity contribution >= 4 is 5.91 Å². The quantitative estimate of drug-likeness (QED) is 0.913. The summed E-state index contributed by atoms with van der Waals surface area (Å²) < 4.78 is 16.3. The van der Waals surface area contributed by atoms with E-state index in [0.29, 0.717) is 36.5 Å². The van der Waals surface area contributed by atoms with E-state index >= 15 is 0 Å². The number of rotatable bonds is 4. The van der Waals surface area contributed by atoms with Gasteiger partial charge in [-0.2, -0.15) is 0 Å². The van der Waals surface area contributed by atoms with Gasteiger partial charge in [-0.15, -0.1) is 0 Å². The van der Waals surface area contributed by atoms with Crippen LogP contribution in [-0.2, 0) is 9.47 Å². The lowest BCUT2D eigenvalue weighted by molar-refractivity contribution is -0.0259. The Morgan fingerprint density at radius 1 is 1.26 bits per heavy atom. The minimum absolute atomic E-state index is 0.132. The molecule has 1 amide bonds. The number of aromatic nitrogens is 1. The van der Waals surface area contributed by atoms with E-state index in [1.165, 1.54) is 0 Å². The summed E-state index contributed by atoms with van der Waals surface area (Å²) >= 11 is 0. The zero-order chi connectivity index (χ0) is 16.1. The van der Waals surface area contributed by atoms with Crippen molar-refractivity contribution in [3.8, 4) is 5.75 Å². The van der Waals surface area contributed by atoms with Crippen molar-refractivity contribution in [2.24, 2.45) is 11.8 Å². The Morgan fingerprint density at radius 2 is 2.04 bits per heavy atom. The van der Waals surface area contributed by atoms with Crippen molar-refractivity contribution < 1.29 is 19.0 Å². The maximum Gasteiger partial charge on any atom is 0.270 e. The average Bonchev–Trinajstić information content (AvgIpc) is 2.63. The van der Waals surface area contributed by atoms with Gasteiger partial charge in [-0.05, 0) is 31.2 Å². The molecule has 2 fully saturated rings. The fourth-order valence-corrected chi connectivity index (χ4v) is 3.45. The molecule has 2 aliphatic heterocycles. The number of hydrogen-bond acceptors (Lipinski definition) is 5. The van der Waals surface area contributed by atoms with Crippen LogP contribution in [0.1, 0.15) is 29.8 Å². The maximum absolute atomic E-state index is 12.5. The molecule has 1 aromatic heterocycles. The molecule has 1 aromatic rings. The van der Waals surface area contributed by atoms with Crippen LogP contribution in [0.5, 0.6) is 5.75 Å². The largest absolute Gasteiger partial charge is 0.497 e. The third kappa shape index (κ3) is 4.00. The second-order valence-corrected chi connectivity index (χ2v) is 6.14. The number of carbonyl (C=O) groups excluding carboxylic acids is 1. The fraction of sp³-hybridized carbons (Fsp3) is 0.647. The monoisotopic (exact) mass is 320 g/mol. The summed E-state index contributed by atoms with van der Waals surface area (Å²) in [5.41, 5.74) is 0.390. The number of methoxy groups -OCH3 is 1. The molecule has 0 aliphatic carbocycles. The predicted octanol–water partition coefficient (Wildman–Crippen LogP) is 1.65. The summed E-state index contributed by atoms with van der Waals surface area (Å²) in [6.07, 6.45) is 4.51. The molecule has 3 rings (SSSR count). The molecule has 3 heterocycles. The zero-order valence-corrected chi connectivity index (χ0v) is 13.5. The summed E-state index contributed by atoms with van der Waals surface area (Å²) in [5.74, 6) is 1.39. The third-order valence-corrected chi connectivity index (χ3v) is 4.79. The van der Waals surface area contributed by atoms with Gasteiger partial charge >= 0.3 is 0 Å². The summed E-state index contributed by atoms with van der Waals surface area (Å²) in [5, 5.41) is 3.16. The molecule has 0 radical (unpaired) electrons. The first kappa shape index (κ1) is 16.2. The van der Waals surface area contributed by atoms with E-state index in [1.54, 1.807) is 25.4 Å². The highest BCUT2D eigenvalue weighted by Crippen LogP contribution is 2.30. The van der Waals surface area contributed by atoms with Gasteiger partial charge in [0.25, 0.3) is 5.91 Å². The second kappa shape index (κ2) is 7.75. The molecule has 126 valence electrons. The van der Waals surface area contributed by atoms with Gasteiger partial charge in [-0.25, -0.2) is 0 Å². The second-order valence-electron chi connectivity index (χ2n) is 6.14. The SMILES string of the molecule is COc1ccnc(C(=O)N[C@@H]2CCOC[C@@H]2C2CCOCC2)c1. The van der Waals surface area contributed by atoms with Gasteiger partial charge in [0, 0.05) is 44.0 Å². The van der Waals surface area contributed by atoms with E-state index in [2.05, 4.69) is 10.3 Å². The molecule has 2 saturated heterocycles. The van der Waals surface area contributed by atoms with E-state index in [0.717, 1.165) is 32.5 Å². The minimum atomic E-state index is -0.146. The molecule has 0 saturated carbocycles. The van der Waals surface area contributed by atoms with Crippen molar-refractivity contribution in [2.75, 3.05) is 33.5 Å². The van der Waals surface area contributed by atoms with Crippen LogP contribution in [0.15, 0.2) is 18.3 Å². The summed E-state index contributed by atoms with van der Waals surface area (Å²) in [4.78, 5) is 16.7. The molecule has 23 heavy (non-hydrogen) atoms. The topological polar surface area (TPSA) is 69.7 Å². The lowest BCUT2D eigenvalue weighted by Crippen LogP contribution is -2.49. The summed E-state index contributed by atoms with van der Waals surface area (Å²) in [6.45, 7) is 3.01. The van der Waals surface area contributed by atoms with Gasteiger partial charge in [-0.3, -0.25) is 9.78 Å². The highest BCUT2D eigenvalue weighted by Gasteiger charge is 2.34. The normalized spacial score (nSPS) is 25.8. The van der Waals surface area contributed by atoms with Crippen molar-refractivity contribution in [3.05, 3.63) is 24.0 Å². The highest BCUT2D eigenvalue weighted by atomic mass is 16.5. The van der Waals surface area contributed by atoms with Crippen LogP contribution in [0.3, 0.4) is 0 Å². The first-order chi connectivity index (χ1) is 11.3. The fourth-order valence-electron chi connectivity index (χ4n) is 3.45. The number of amides is 1. The molecule has 2 atom stereocenters. The van der Waals surface area contributed by atoms with Gasteiger partial charge < -0.3 is 19.5 Å². The van der Waals surface area contributed by atoms with Crippen molar-refractivity contribution in [2.45, 2.75) is 25.3 Å². The molecule has 0 bridgehead atoms. The molecule has 2 aliphatic rings.